The first-order valence-corrected chi connectivity index (χ1v) is 7.11. The maximum absolute atomic E-state index is 11.0. The third kappa shape index (κ3) is 5.22. The molecule has 0 aromatic carbocycles. The van der Waals surface area contributed by atoms with Gasteiger partial charge in [-0.2, -0.15) is 8.42 Å². The van der Waals surface area contributed by atoms with E-state index in [0.717, 1.165) is 25.7 Å². The molecule has 0 spiro atoms. The third-order valence-electron chi connectivity index (χ3n) is 2.37. The molecule has 1 N–H and O–H groups in total. The lowest BCUT2D eigenvalue weighted by molar-refractivity contribution is 0.0665. The van der Waals surface area contributed by atoms with Crippen molar-refractivity contribution in [2.24, 2.45) is 5.92 Å². The molecular formula is C8H14ClNO4S. The first-order chi connectivity index (χ1) is 6.87. The summed E-state index contributed by atoms with van der Waals surface area (Å²) >= 11 is 0. The molecule has 0 aromatic rings. The topological polar surface area (TPSA) is 72.5 Å². The molecule has 1 fully saturated rings. The second-order valence-electron chi connectivity index (χ2n) is 3.84. The van der Waals surface area contributed by atoms with Crippen molar-refractivity contribution in [3.05, 3.63) is 0 Å². The van der Waals surface area contributed by atoms with Gasteiger partial charge in [0, 0.05) is 10.7 Å². The van der Waals surface area contributed by atoms with Crippen LogP contribution in [0.15, 0.2) is 0 Å². The van der Waals surface area contributed by atoms with Crippen LogP contribution in [-0.4, -0.2) is 20.6 Å². The average Bonchev–Trinajstić information content (AvgIpc) is 1.99. The van der Waals surface area contributed by atoms with Crippen molar-refractivity contribution >= 4 is 26.0 Å². The Kier molecular flexibility index (Phi) is 4.21. The van der Waals surface area contributed by atoms with Gasteiger partial charge in [0.1, 0.15) is 6.10 Å². The van der Waals surface area contributed by atoms with E-state index < -0.39 is 15.3 Å². The number of carbonyl (C=O) groups excluding carboxylic acids is 1. The zero-order chi connectivity index (χ0) is 11.5. The monoisotopic (exact) mass is 255 g/mol. The molecule has 1 aliphatic rings. The zero-order valence-corrected chi connectivity index (χ0v) is 9.97. The standard InChI is InChI=1S/C8H14ClNO4S/c1-6-3-2-4-7(5-6)14-8(11)10-15(9,12)13/h6-7H,2-5H2,1H3,(H,10,11). The molecule has 1 rings (SSSR count). The van der Waals surface area contributed by atoms with Gasteiger partial charge in [-0.05, 0) is 25.2 Å². The highest BCUT2D eigenvalue weighted by Crippen LogP contribution is 2.25. The molecule has 0 bridgehead atoms. The van der Waals surface area contributed by atoms with Crippen LogP contribution >= 0.6 is 10.7 Å². The van der Waals surface area contributed by atoms with Crippen LogP contribution in [0.5, 0.6) is 0 Å². The van der Waals surface area contributed by atoms with E-state index in [1.165, 1.54) is 0 Å². The molecule has 1 aliphatic carbocycles. The van der Waals surface area contributed by atoms with Crippen LogP contribution in [0.25, 0.3) is 0 Å². The number of amides is 1. The summed E-state index contributed by atoms with van der Waals surface area (Å²) in [5.74, 6) is 0.504. The van der Waals surface area contributed by atoms with Gasteiger partial charge in [0.2, 0.25) is 0 Å². The molecule has 0 saturated heterocycles. The van der Waals surface area contributed by atoms with Crippen LogP contribution in [0.4, 0.5) is 4.79 Å². The lowest BCUT2D eigenvalue weighted by Gasteiger charge is -2.26. The second kappa shape index (κ2) is 5.03. The van der Waals surface area contributed by atoms with Gasteiger partial charge in [-0.3, -0.25) is 0 Å². The Morgan fingerprint density at radius 3 is 2.67 bits per heavy atom. The molecule has 0 radical (unpaired) electrons. The highest BCUT2D eigenvalue weighted by molar-refractivity contribution is 8.12. The number of carbonyl (C=O) groups is 1. The predicted octanol–water partition coefficient (Wildman–Crippen LogP) is 1.77. The van der Waals surface area contributed by atoms with Crippen LogP contribution in [0.1, 0.15) is 32.6 Å². The highest BCUT2D eigenvalue weighted by Gasteiger charge is 2.23. The fourth-order valence-electron chi connectivity index (χ4n) is 1.76. The van der Waals surface area contributed by atoms with E-state index in [1.54, 1.807) is 4.72 Å². The number of hydrogen-bond donors (Lipinski definition) is 1. The van der Waals surface area contributed by atoms with Gasteiger partial charge in [0.25, 0.3) is 0 Å². The van der Waals surface area contributed by atoms with Gasteiger partial charge >= 0.3 is 15.3 Å². The second-order valence-corrected chi connectivity index (χ2v) is 6.14. The number of ether oxygens (including phenoxy) is 1. The molecule has 5 nitrogen and oxygen atoms in total. The van der Waals surface area contributed by atoms with Crippen molar-refractivity contribution in [1.29, 1.82) is 0 Å². The van der Waals surface area contributed by atoms with Crippen molar-refractivity contribution in [2.45, 2.75) is 38.7 Å². The molecule has 1 saturated carbocycles. The fraction of sp³-hybridized carbons (Fsp3) is 0.875. The Balaban J connectivity index is 2.38. The quantitative estimate of drug-likeness (QED) is 0.764. The van der Waals surface area contributed by atoms with Gasteiger partial charge in [0.15, 0.2) is 0 Å². The zero-order valence-electron chi connectivity index (χ0n) is 8.40. The normalized spacial score (nSPS) is 27.1. The molecule has 7 heteroatoms. The predicted molar refractivity (Wildman–Crippen MR) is 55.8 cm³/mol. The summed E-state index contributed by atoms with van der Waals surface area (Å²) < 4.78 is 27.5. The van der Waals surface area contributed by atoms with Crippen molar-refractivity contribution in [3.8, 4) is 0 Å². The summed E-state index contributed by atoms with van der Waals surface area (Å²) in [6, 6.07) is 0. The van der Waals surface area contributed by atoms with Crippen molar-refractivity contribution in [3.63, 3.8) is 0 Å². The number of nitrogens with one attached hydrogen (secondary N) is 1. The van der Waals surface area contributed by atoms with E-state index >= 15 is 0 Å². The Labute approximate surface area is 93.7 Å². The van der Waals surface area contributed by atoms with Crippen LogP contribution < -0.4 is 4.72 Å². The van der Waals surface area contributed by atoms with Crippen LogP contribution in [0.3, 0.4) is 0 Å². The van der Waals surface area contributed by atoms with Crippen molar-refractivity contribution in [2.75, 3.05) is 0 Å². The highest BCUT2D eigenvalue weighted by atomic mass is 35.7. The average molecular weight is 256 g/mol. The molecule has 2 unspecified atom stereocenters. The van der Waals surface area contributed by atoms with Gasteiger partial charge in [-0.1, -0.05) is 13.3 Å². The number of hydrogen-bond acceptors (Lipinski definition) is 4. The molecule has 1 amide bonds. The SMILES string of the molecule is CC1CCCC(OC(=O)NS(=O)(=O)Cl)C1. The van der Waals surface area contributed by atoms with Gasteiger partial charge < -0.3 is 4.74 Å². The van der Waals surface area contributed by atoms with Crippen LogP contribution in [0, 0.1) is 5.92 Å². The first-order valence-electron chi connectivity index (χ1n) is 4.80. The molecule has 0 heterocycles. The van der Waals surface area contributed by atoms with E-state index in [2.05, 4.69) is 6.92 Å². The number of rotatable bonds is 2. The lowest BCUT2D eigenvalue weighted by Crippen LogP contribution is -2.33. The van der Waals surface area contributed by atoms with E-state index in [4.69, 9.17) is 15.4 Å². The Hall–Kier alpha value is -0.490. The molecule has 15 heavy (non-hydrogen) atoms. The summed E-state index contributed by atoms with van der Waals surface area (Å²) in [7, 11) is 0.795. The largest absolute Gasteiger partial charge is 0.446 e. The first kappa shape index (κ1) is 12.6. The van der Waals surface area contributed by atoms with Gasteiger partial charge in [-0.25, -0.2) is 9.52 Å². The summed E-state index contributed by atoms with van der Waals surface area (Å²) in [6.07, 6.45) is 2.47. The van der Waals surface area contributed by atoms with E-state index in [9.17, 15) is 13.2 Å². The van der Waals surface area contributed by atoms with E-state index in [1.807, 2.05) is 0 Å². The maximum Gasteiger partial charge on any atom is 0.422 e. The van der Waals surface area contributed by atoms with Crippen molar-refractivity contribution in [1.82, 2.24) is 4.72 Å². The smallest absolute Gasteiger partial charge is 0.422 e. The summed E-state index contributed by atoms with van der Waals surface area (Å²) in [5, 5.41) is 0. The van der Waals surface area contributed by atoms with Gasteiger partial charge in [-0.15, -0.1) is 0 Å². The molecular weight excluding hydrogens is 242 g/mol. The van der Waals surface area contributed by atoms with Crippen LogP contribution in [0.2, 0.25) is 0 Å². The Morgan fingerprint density at radius 2 is 2.13 bits per heavy atom. The minimum atomic E-state index is -4.04. The molecule has 88 valence electrons. The molecule has 0 aliphatic heterocycles. The third-order valence-corrected chi connectivity index (χ3v) is 3.01. The summed E-state index contributed by atoms with van der Waals surface area (Å²) in [4.78, 5) is 11.0. The summed E-state index contributed by atoms with van der Waals surface area (Å²) in [5.41, 5.74) is 0. The fourth-order valence-corrected chi connectivity index (χ4v) is 2.20. The summed E-state index contributed by atoms with van der Waals surface area (Å²) in [6.45, 7) is 2.08. The molecule has 2 atom stereocenters. The van der Waals surface area contributed by atoms with E-state index in [-0.39, 0.29) is 6.10 Å². The maximum atomic E-state index is 11.0. The van der Waals surface area contributed by atoms with Crippen molar-refractivity contribution < 1.29 is 17.9 Å². The molecule has 0 aromatic heterocycles. The van der Waals surface area contributed by atoms with Gasteiger partial charge in [0.05, 0.1) is 0 Å². The number of halogens is 1. The van der Waals surface area contributed by atoms with Crippen LogP contribution in [-0.2, 0) is 14.0 Å². The minimum absolute atomic E-state index is 0.202. The Bertz CT molecular complexity index is 330. The Morgan fingerprint density at radius 1 is 1.47 bits per heavy atom. The van der Waals surface area contributed by atoms with E-state index in [0.29, 0.717) is 5.92 Å². The lowest BCUT2D eigenvalue weighted by atomic mass is 9.89. The minimum Gasteiger partial charge on any atom is -0.446 e.